The number of carbonyl (C=O) groups excluding carboxylic acids is 2. The van der Waals surface area contributed by atoms with E-state index in [1.54, 1.807) is 31.2 Å². The number of amides is 1. The summed E-state index contributed by atoms with van der Waals surface area (Å²) in [5.74, 6) is -0.476. The predicted molar refractivity (Wildman–Crippen MR) is 125 cm³/mol. The molecule has 0 radical (unpaired) electrons. The van der Waals surface area contributed by atoms with Crippen LogP contribution >= 0.6 is 46.6 Å². The Morgan fingerprint density at radius 3 is 2.54 bits per heavy atom. The van der Waals surface area contributed by atoms with Crippen molar-refractivity contribution in [1.29, 1.82) is 0 Å². The van der Waals surface area contributed by atoms with Gasteiger partial charge in [-0.25, -0.2) is 4.79 Å². The number of rotatable bonds is 6. The van der Waals surface area contributed by atoms with Crippen molar-refractivity contribution in [3.63, 3.8) is 0 Å². The van der Waals surface area contributed by atoms with Gasteiger partial charge < -0.3 is 10.1 Å². The van der Waals surface area contributed by atoms with Crippen molar-refractivity contribution in [1.82, 2.24) is 4.90 Å². The highest BCUT2D eigenvalue weighted by Gasteiger charge is 2.31. The average molecular weight is 524 g/mol. The molecule has 0 aromatic heterocycles. The van der Waals surface area contributed by atoms with Crippen LogP contribution in [0, 0.1) is 3.57 Å². The monoisotopic (exact) mass is 524 g/mol. The smallest absolute Gasteiger partial charge is 0.338 e. The molecule has 8 heteroatoms. The maximum absolute atomic E-state index is 12.7. The SMILES string of the molecule is CCOC(=O)c1ccc(NCN2C(=O)/C(=C\c3ccc(I)cc3)SC2=S)cc1. The molecular weight excluding hydrogens is 507 g/mol. The molecule has 0 bridgehead atoms. The fraction of sp³-hybridized carbons (Fsp3) is 0.150. The van der Waals surface area contributed by atoms with Crippen molar-refractivity contribution in [2.75, 3.05) is 18.6 Å². The van der Waals surface area contributed by atoms with E-state index in [4.69, 9.17) is 17.0 Å². The molecule has 144 valence electrons. The van der Waals surface area contributed by atoms with Crippen molar-refractivity contribution >= 4 is 74.5 Å². The molecule has 1 aliphatic rings. The summed E-state index contributed by atoms with van der Waals surface area (Å²) in [5.41, 5.74) is 2.23. The van der Waals surface area contributed by atoms with Crippen LogP contribution < -0.4 is 5.32 Å². The molecule has 0 spiro atoms. The van der Waals surface area contributed by atoms with Gasteiger partial charge in [-0.15, -0.1) is 0 Å². The molecule has 1 amide bonds. The van der Waals surface area contributed by atoms with Crippen molar-refractivity contribution < 1.29 is 14.3 Å². The lowest BCUT2D eigenvalue weighted by molar-refractivity contribution is -0.121. The number of esters is 1. The predicted octanol–water partition coefficient (Wildman–Crippen LogP) is 4.74. The fourth-order valence-corrected chi connectivity index (χ4v) is 4.07. The van der Waals surface area contributed by atoms with Gasteiger partial charge in [0.05, 0.1) is 23.7 Å². The van der Waals surface area contributed by atoms with Crippen LogP contribution in [-0.4, -0.2) is 34.4 Å². The van der Waals surface area contributed by atoms with Crippen molar-refractivity contribution in [3.8, 4) is 0 Å². The molecule has 5 nitrogen and oxygen atoms in total. The Morgan fingerprint density at radius 2 is 1.89 bits per heavy atom. The lowest BCUT2D eigenvalue weighted by atomic mass is 10.2. The van der Waals surface area contributed by atoms with Crippen LogP contribution in [0.2, 0.25) is 0 Å². The zero-order valence-electron chi connectivity index (χ0n) is 15.0. The summed E-state index contributed by atoms with van der Waals surface area (Å²) in [7, 11) is 0. The molecule has 0 saturated carbocycles. The Bertz CT molecular complexity index is 927. The lowest BCUT2D eigenvalue weighted by Gasteiger charge is -2.16. The number of benzene rings is 2. The van der Waals surface area contributed by atoms with Gasteiger partial charge in [-0.1, -0.05) is 36.1 Å². The number of thiocarbonyl (C=S) groups is 1. The summed E-state index contributed by atoms with van der Waals surface area (Å²) in [4.78, 5) is 26.5. The van der Waals surface area contributed by atoms with Crippen molar-refractivity contribution in [3.05, 3.63) is 68.1 Å². The van der Waals surface area contributed by atoms with E-state index in [-0.39, 0.29) is 18.5 Å². The molecule has 0 atom stereocenters. The topological polar surface area (TPSA) is 58.6 Å². The summed E-state index contributed by atoms with van der Waals surface area (Å²) in [6.45, 7) is 2.36. The molecule has 1 heterocycles. The second kappa shape index (κ2) is 9.53. The molecule has 28 heavy (non-hydrogen) atoms. The normalized spacial score (nSPS) is 15.2. The van der Waals surface area contributed by atoms with Crippen molar-refractivity contribution in [2.45, 2.75) is 6.92 Å². The first-order chi connectivity index (χ1) is 13.5. The van der Waals surface area contributed by atoms with E-state index in [0.717, 1.165) is 14.8 Å². The Labute approximate surface area is 186 Å². The molecule has 2 aromatic carbocycles. The van der Waals surface area contributed by atoms with Gasteiger partial charge in [0.15, 0.2) is 0 Å². The quantitative estimate of drug-likeness (QED) is 0.255. The molecule has 1 N–H and O–H groups in total. The number of hydrogen-bond acceptors (Lipinski definition) is 6. The molecule has 0 aliphatic carbocycles. The third-order valence-electron chi connectivity index (χ3n) is 3.88. The number of nitrogens with one attached hydrogen (secondary N) is 1. The van der Waals surface area contributed by atoms with E-state index in [2.05, 4.69) is 27.9 Å². The largest absolute Gasteiger partial charge is 0.462 e. The summed E-state index contributed by atoms with van der Waals surface area (Å²) in [6, 6.07) is 14.8. The average Bonchev–Trinajstić information content (AvgIpc) is 2.95. The van der Waals surface area contributed by atoms with Crippen molar-refractivity contribution in [2.24, 2.45) is 0 Å². The van der Waals surface area contributed by atoms with Gasteiger partial charge in [0.1, 0.15) is 4.32 Å². The maximum Gasteiger partial charge on any atom is 0.338 e. The van der Waals surface area contributed by atoms with E-state index < -0.39 is 0 Å². The fourth-order valence-electron chi connectivity index (χ4n) is 2.46. The van der Waals surface area contributed by atoms with Crippen LogP contribution in [-0.2, 0) is 9.53 Å². The van der Waals surface area contributed by atoms with Gasteiger partial charge in [-0.3, -0.25) is 9.69 Å². The van der Waals surface area contributed by atoms with Crippen LogP contribution in [0.1, 0.15) is 22.8 Å². The van der Waals surface area contributed by atoms with E-state index >= 15 is 0 Å². The summed E-state index contributed by atoms with van der Waals surface area (Å²) in [5, 5.41) is 3.16. The number of anilines is 1. The van der Waals surface area contributed by atoms with Crippen LogP contribution in [0.25, 0.3) is 6.08 Å². The van der Waals surface area contributed by atoms with E-state index in [1.165, 1.54) is 16.7 Å². The van der Waals surface area contributed by atoms with Gasteiger partial charge >= 0.3 is 5.97 Å². The van der Waals surface area contributed by atoms with E-state index in [9.17, 15) is 9.59 Å². The zero-order valence-corrected chi connectivity index (χ0v) is 18.8. The van der Waals surface area contributed by atoms with Gasteiger partial charge in [0.25, 0.3) is 5.91 Å². The van der Waals surface area contributed by atoms with E-state index in [1.807, 2.05) is 30.3 Å². The second-order valence-corrected chi connectivity index (χ2v) is 8.72. The summed E-state index contributed by atoms with van der Waals surface area (Å²) < 4.78 is 6.62. The summed E-state index contributed by atoms with van der Waals surface area (Å²) in [6.07, 6.45) is 1.85. The number of hydrogen-bond donors (Lipinski definition) is 1. The molecular formula is C20H17IN2O3S2. The Kier molecular flexibility index (Phi) is 7.08. The Morgan fingerprint density at radius 1 is 1.21 bits per heavy atom. The van der Waals surface area contributed by atoms with Crippen LogP contribution in [0.4, 0.5) is 5.69 Å². The maximum atomic E-state index is 12.7. The number of nitrogens with zero attached hydrogens (tertiary/aromatic N) is 1. The first kappa shape index (κ1) is 20.8. The minimum atomic E-state index is -0.355. The Balaban J connectivity index is 1.63. The second-order valence-electron chi connectivity index (χ2n) is 5.79. The van der Waals surface area contributed by atoms with Gasteiger partial charge in [0, 0.05) is 9.26 Å². The highest BCUT2D eigenvalue weighted by molar-refractivity contribution is 14.1. The lowest BCUT2D eigenvalue weighted by Crippen LogP contribution is -2.33. The number of thioether (sulfide) groups is 1. The first-order valence-electron chi connectivity index (χ1n) is 8.50. The summed E-state index contributed by atoms with van der Waals surface area (Å²) >= 11 is 8.89. The Hall–Kier alpha value is -1.91. The minimum Gasteiger partial charge on any atom is -0.462 e. The number of ether oxygens (including phenoxy) is 1. The first-order valence-corrected chi connectivity index (χ1v) is 10.8. The van der Waals surface area contributed by atoms with Crippen LogP contribution in [0.3, 0.4) is 0 Å². The van der Waals surface area contributed by atoms with E-state index in [0.29, 0.717) is 21.4 Å². The van der Waals surface area contributed by atoms with Gasteiger partial charge in [0.2, 0.25) is 0 Å². The standard InChI is InChI=1S/C20H17IN2O3S2/c1-2-26-19(25)14-5-9-16(10-6-14)22-12-23-18(24)17(28-20(23)27)11-13-3-7-15(21)8-4-13/h3-11,22H,2,12H2,1H3/b17-11+. The molecule has 1 saturated heterocycles. The van der Waals surface area contributed by atoms with Gasteiger partial charge in [-0.2, -0.15) is 0 Å². The third-order valence-corrected chi connectivity index (χ3v) is 5.98. The third kappa shape index (κ3) is 5.12. The number of halogens is 1. The molecule has 3 rings (SSSR count). The molecule has 0 unspecified atom stereocenters. The van der Waals surface area contributed by atoms with Crippen LogP contribution in [0.5, 0.6) is 0 Å². The number of carbonyl (C=O) groups is 2. The van der Waals surface area contributed by atoms with Gasteiger partial charge in [-0.05, 0) is 77.6 Å². The molecule has 2 aromatic rings. The minimum absolute atomic E-state index is 0.121. The highest BCUT2D eigenvalue weighted by atomic mass is 127. The highest BCUT2D eigenvalue weighted by Crippen LogP contribution is 2.32. The van der Waals surface area contributed by atoms with Crippen LogP contribution in [0.15, 0.2) is 53.4 Å². The molecule has 1 fully saturated rings. The zero-order chi connectivity index (χ0) is 20.1. The molecule has 1 aliphatic heterocycles.